The quantitative estimate of drug-likeness (QED) is 0.863. The van der Waals surface area contributed by atoms with Crippen LogP contribution in [0.3, 0.4) is 0 Å². The molecule has 1 aromatic rings. The summed E-state index contributed by atoms with van der Waals surface area (Å²) in [6.07, 6.45) is 0.185. The summed E-state index contributed by atoms with van der Waals surface area (Å²) in [6, 6.07) is 0. The Labute approximate surface area is 113 Å². The van der Waals surface area contributed by atoms with E-state index in [1.807, 2.05) is 6.92 Å². The normalized spacial score (nSPS) is 12.1. The Morgan fingerprint density at radius 3 is 2.61 bits per heavy atom. The summed E-state index contributed by atoms with van der Waals surface area (Å²) >= 11 is 1.68. The van der Waals surface area contributed by atoms with Crippen LogP contribution >= 0.6 is 11.3 Å². The molecule has 102 valence electrons. The lowest BCUT2D eigenvalue weighted by molar-refractivity contribution is -0.137. The van der Waals surface area contributed by atoms with E-state index < -0.39 is 5.97 Å². The molecule has 0 aliphatic rings. The first-order chi connectivity index (χ1) is 8.32. The van der Waals surface area contributed by atoms with Crippen LogP contribution in [0.4, 0.5) is 0 Å². The fourth-order valence-corrected chi connectivity index (χ4v) is 2.45. The number of aromatic nitrogens is 1. The molecule has 0 aliphatic carbocycles. The first-order valence-corrected chi connectivity index (χ1v) is 7.10. The molecular weight excluding hydrogens is 248 g/mol. The number of rotatable bonds is 6. The van der Waals surface area contributed by atoms with E-state index in [1.165, 1.54) is 0 Å². The first kappa shape index (κ1) is 15.1. The predicted molar refractivity (Wildman–Crippen MR) is 74.0 cm³/mol. The molecule has 1 aromatic heterocycles. The van der Waals surface area contributed by atoms with E-state index in [0.717, 1.165) is 23.8 Å². The molecule has 1 N–H and O–H groups in total. The summed E-state index contributed by atoms with van der Waals surface area (Å²) in [5.74, 6) is -0.748. The number of hydrogen-bond acceptors (Lipinski definition) is 4. The average Bonchev–Trinajstić information content (AvgIpc) is 2.71. The molecule has 0 saturated heterocycles. The van der Waals surface area contributed by atoms with Gasteiger partial charge >= 0.3 is 5.97 Å². The summed E-state index contributed by atoms with van der Waals surface area (Å²) in [5, 5.41) is 11.9. The minimum atomic E-state index is -0.748. The Hall–Kier alpha value is -0.940. The highest BCUT2D eigenvalue weighted by atomic mass is 32.1. The van der Waals surface area contributed by atoms with Gasteiger partial charge in [0, 0.05) is 23.9 Å². The highest BCUT2D eigenvalue weighted by Gasteiger charge is 2.18. The zero-order valence-electron chi connectivity index (χ0n) is 11.6. The van der Waals surface area contributed by atoms with Gasteiger partial charge in [-0.3, -0.25) is 9.69 Å². The van der Waals surface area contributed by atoms with Gasteiger partial charge in [-0.25, -0.2) is 4.98 Å². The zero-order chi connectivity index (χ0) is 13.8. The second-order valence-electron chi connectivity index (χ2n) is 5.41. The number of carboxylic acids is 1. The molecule has 5 heteroatoms. The topological polar surface area (TPSA) is 53.4 Å². The predicted octanol–water partition coefficient (Wildman–Crippen LogP) is 2.74. The molecule has 0 radical (unpaired) electrons. The van der Waals surface area contributed by atoms with Crippen molar-refractivity contribution in [2.24, 2.45) is 0 Å². The molecule has 4 nitrogen and oxygen atoms in total. The summed E-state index contributed by atoms with van der Waals surface area (Å²) in [6.45, 7) is 10.6. The monoisotopic (exact) mass is 270 g/mol. The highest BCUT2D eigenvalue weighted by Crippen LogP contribution is 2.25. The van der Waals surface area contributed by atoms with Gasteiger partial charge in [-0.15, -0.1) is 11.3 Å². The van der Waals surface area contributed by atoms with Gasteiger partial charge in [0.25, 0.3) is 0 Å². The maximum absolute atomic E-state index is 10.6. The molecular formula is C13H22N2O2S. The fourth-order valence-electron chi connectivity index (χ4n) is 1.56. The van der Waals surface area contributed by atoms with Crippen molar-refractivity contribution in [1.29, 1.82) is 0 Å². The summed E-state index contributed by atoms with van der Waals surface area (Å²) < 4.78 is 0. The second kappa shape index (κ2) is 6.29. The Balaban J connectivity index is 2.59. The largest absolute Gasteiger partial charge is 0.481 e. The molecule has 0 atom stereocenters. The number of carboxylic acid groups (broad SMARTS) is 1. The second-order valence-corrected chi connectivity index (χ2v) is 6.26. The van der Waals surface area contributed by atoms with Crippen LogP contribution < -0.4 is 0 Å². The van der Waals surface area contributed by atoms with Crippen molar-refractivity contribution >= 4 is 17.3 Å². The van der Waals surface area contributed by atoms with Crippen LogP contribution in [0.5, 0.6) is 0 Å². The smallest absolute Gasteiger partial charge is 0.304 e. The SMILES string of the molecule is CCN(CCC(=O)O)Cc1csc(C(C)(C)C)n1. The third-order valence-electron chi connectivity index (χ3n) is 2.67. The lowest BCUT2D eigenvalue weighted by Gasteiger charge is -2.18. The van der Waals surface area contributed by atoms with Crippen molar-refractivity contribution in [3.63, 3.8) is 0 Å². The lowest BCUT2D eigenvalue weighted by atomic mass is 9.98. The number of aliphatic carboxylic acids is 1. The molecule has 0 bridgehead atoms. The van der Waals surface area contributed by atoms with Crippen LogP contribution in [-0.4, -0.2) is 34.0 Å². The highest BCUT2D eigenvalue weighted by molar-refractivity contribution is 7.09. The Kier molecular flexibility index (Phi) is 5.28. The maximum atomic E-state index is 10.6. The summed E-state index contributed by atoms with van der Waals surface area (Å²) in [5.41, 5.74) is 1.12. The van der Waals surface area contributed by atoms with Crippen molar-refractivity contribution < 1.29 is 9.90 Å². The minimum absolute atomic E-state index is 0.0844. The number of nitrogens with zero attached hydrogens (tertiary/aromatic N) is 2. The van der Waals surface area contributed by atoms with Crippen molar-refractivity contribution in [3.8, 4) is 0 Å². The Morgan fingerprint density at radius 2 is 2.17 bits per heavy atom. The van der Waals surface area contributed by atoms with Gasteiger partial charge in [-0.2, -0.15) is 0 Å². The van der Waals surface area contributed by atoms with Crippen LogP contribution in [0.25, 0.3) is 0 Å². The Morgan fingerprint density at radius 1 is 1.50 bits per heavy atom. The van der Waals surface area contributed by atoms with Gasteiger partial charge in [0.2, 0.25) is 0 Å². The fraction of sp³-hybridized carbons (Fsp3) is 0.692. The molecule has 0 saturated carbocycles. The van der Waals surface area contributed by atoms with E-state index in [4.69, 9.17) is 5.11 Å². The van der Waals surface area contributed by atoms with E-state index in [1.54, 1.807) is 11.3 Å². The van der Waals surface area contributed by atoms with Gasteiger partial charge in [-0.05, 0) is 6.54 Å². The molecule has 1 rings (SSSR count). The molecule has 1 heterocycles. The summed E-state index contributed by atoms with van der Waals surface area (Å²) in [4.78, 5) is 17.3. The molecule has 18 heavy (non-hydrogen) atoms. The van der Waals surface area contributed by atoms with Gasteiger partial charge in [0.15, 0.2) is 0 Å². The zero-order valence-corrected chi connectivity index (χ0v) is 12.4. The van der Waals surface area contributed by atoms with Crippen molar-refractivity contribution in [3.05, 3.63) is 16.1 Å². The number of hydrogen-bond donors (Lipinski definition) is 1. The lowest BCUT2D eigenvalue weighted by Crippen LogP contribution is -2.26. The van der Waals surface area contributed by atoms with Crippen LogP contribution in [0.15, 0.2) is 5.38 Å². The Bertz CT molecular complexity index is 396. The van der Waals surface area contributed by atoms with Crippen molar-refractivity contribution in [2.75, 3.05) is 13.1 Å². The van der Waals surface area contributed by atoms with E-state index >= 15 is 0 Å². The van der Waals surface area contributed by atoms with E-state index in [9.17, 15) is 4.79 Å². The van der Waals surface area contributed by atoms with Gasteiger partial charge in [0.1, 0.15) is 0 Å². The van der Waals surface area contributed by atoms with Gasteiger partial charge < -0.3 is 5.11 Å². The third kappa shape index (κ3) is 4.74. The van der Waals surface area contributed by atoms with Crippen molar-refractivity contribution in [1.82, 2.24) is 9.88 Å². The van der Waals surface area contributed by atoms with Crippen LogP contribution in [0, 0.1) is 0 Å². The van der Waals surface area contributed by atoms with E-state index in [-0.39, 0.29) is 11.8 Å². The molecule has 0 aromatic carbocycles. The number of thiazole rings is 1. The van der Waals surface area contributed by atoms with Crippen LogP contribution in [-0.2, 0) is 16.8 Å². The van der Waals surface area contributed by atoms with Crippen molar-refractivity contribution in [2.45, 2.75) is 46.1 Å². The molecule has 0 fully saturated rings. The van der Waals surface area contributed by atoms with E-state index in [0.29, 0.717) is 6.54 Å². The molecule has 0 unspecified atom stereocenters. The van der Waals surface area contributed by atoms with Crippen LogP contribution in [0.1, 0.15) is 44.8 Å². The van der Waals surface area contributed by atoms with Gasteiger partial charge in [0.05, 0.1) is 17.1 Å². The average molecular weight is 270 g/mol. The van der Waals surface area contributed by atoms with Crippen LogP contribution in [0.2, 0.25) is 0 Å². The maximum Gasteiger partial charge on any atom is 0.304 e. The molecule has 0 aliphatic heterocycles. The summed E-state index contributed by atoms with van der Waals surface area (Å²) in [7, 11) is 0. The standard InChI is InChI=1S/C13H22N2O2S/c1-5-15(7-6-11(16)17)8-10-9-18-12(14-10)13(2,3)4/h9H,5-8H2,1-4H3,(H,16,17). The minimum Gasteiger partial charge on any atom is -0.481 e. The third-order valence-corrected chi connectivity index (χ3v) is 3.98. The van der Waals surface area contributed by atoms with E-state index in [2.05, 4.69) is 36.0 Å². The first-order valence-electron chi connectivity index (χ1n) is 6.22. The number of carbonyl (C=O) groups is 1. The molecule has 0 amide bonds. The van der Waals surface area contributed by atoms with Gasteiger partial charge in [-0.1, -0.05) is 27.7 Å². The molecule has 0 spiro atoms.